The molecule has 0 spiro atoms. The second-order valence-electron chi connectivity index (χ2n) is 4.18. The van der Waals surface area contributed by atoms with Crippen molar-refractivity contribution >= 4 is 11.7 Å². The van der Waals surface area contributed by atoms with Gasteiger partial charge in [-0.05, 0) is 25.1 Å². The number of carbonyl (C=O) groups is 1. The van der Waals surface area contributed by atoms with Gasteiger partial charge >= 0.3 is 0 Å². The second kappa shape index (κ2) is 5.48. The van der Waals surface area contributed by atoms with Gasteiger partial charge in [0.1, 0.15) is 11.6 Å². The van der Waals surface area contributed by atoms with Crippen LogP contribution >= 0.6 is 0 Å². The lowest BCUT2D eigenvalue weighted by Crippen LogP contribution is -2.13. The molecule has 0 aliphatic carbocycles. The summed E-state index contributed by atoms with van der Waals surface area (Å²) in [5.74, 6) is -0.238. The first-order valence-electron chi connectivity index (χ1n) is 5.84. The lowest BCUT2D eigenvalue weighted by atomic mass is 10.1. The SMILES string of the molecule is CC(Nc1ccc(C(N)=O)cn1)c1ccccc1F. The standard InChI is InChI=1S/C14H14FN3O/c1-9(11-4-2-3-5-12(11)15)18-13-7-6-10(8-17-13)14(16)19/h2-9H,1H3,(H2,16,19)(H,17,18). The highest BCUT2D eigenvalue weighted by Gasteiger charge is 2.10. The average Bonchev–Trinajstić information content (AvgIpc) is 2.39. The van der Waals surface area contributed by atoms with Crippen LogP contribution in [0.1, 0.15) is 28.9 Å². The molecule has 1 amide bonds. The highest BCUT2D eigenvalue weighted by atomic mass is 19.1. The van der Waals surface area contributed by atoms with Gasteiger partial charge in [0.25, 0.3) is 0 Å². The number of nitrogens with zero attached hydrogens (tertiary/aromatic N) is 1. The van der Waals surface area contributed by atoms with Crippen LogP contribution in [0, 0.1) is 5.82 Å². The maximum atomic E-state index is 13.6. The van der Waals surface area contributed by atoms with Gasteiger partial charge in [-0.2, -0.15) is 0 Å². The maximum absolute atomic E-state index is 13.6. The molecule has 1 aromatic carbocycles. The van der Waals surface area contributed by atoms with Crippen LogP contribution in [-0.4, -0.2) is 10.9 Å². The third-order valence-corrected chi connectivity index (χ3v) is 2.78. The van der Waals surface area contributed by atoms with Crippen LogP contribution in [0.15, 0.2) is 42.6 Å². The van der Waals surface area contributed by atoms with Gasteiger partial charge in [-0.15, -0.1) is 0 Å². The minimum absolute atomic E-state index is 0.229. The van der Waals surface area contributed by atoms with Crippen molar-refractivity contribution in [1.29, 1.82) is 0 Å². The van der Waals surface area contributed by atoms with Crippen LogP contribution in [0.2, 0.25) is 0 Å². The summed E-state index contributed by atoms with van der Waals surface area (Å²) in [7, 11) is 0. The Morgan fingerprint density at radius 3 is 2.63 bits per heavy atom. The maximum Gasteiger partial charge on any atom is 0.250 e. The van der Waals surface area contributed by atoms with E-state index in [-0.39, 0.29) is 11.9 Å². The normalized spacial score (nSPS) is 11.9. The minimum Gasteiger partial charge on any atom is -0.366 e. The summed E-state index contributed by atoms with van der Waals surface area (Å²) in [6.45, 7) is 1.84. The molecule has 2 rings (SSSR count). The molecule has 0 saturated heterocycles. The summed E-state index contributed by atoms with van der Waals surface area (Å²) in [6, 6.07) is 9.53. The first-order valence-corrected chi connectivity index (χ1v) is 5.84. The fourth-order valence-corrected chi connectivity index (χ4v) is 1.75. The van der Waals surface area contributed by atoms with Crippen molar-refractivity contribution in [3.63, 3.8) is 0 Å². The molecule has 0 fully saturated rings. The summed E-state index contributed by atoms with van der Waals surface area (Å²) in [4.78, 5) is 15.0. The number of hydrogen-bond donors (Lipinski definition) is 2. The van der Waals surface area contributed by atoms with Gasteiger partial charge in [0.2, 0.25) is 5.91 Å². The van der Waals surface area contributed by atoms with Gasteiger partial charge in [-0.3, -0.25) is 4.79 Å². The van der Waals surface area contributed by atoms with E-state index in [9.17, 15) is 9.18 Å². The number of anilines is 1. The third kappa shape index (κ3) is 3.07. The lowest BCUT2D eigenvalue weighted by molar-refractivity contribution is 0.1000. The van der Waals surface area contributed by atoms with E-state index < -0.39 is 5.91 Å². The molecule has 0 radical (unpaired) electrons. The number of rotatable bonds is 4. The van der Waals surface area contributed by atoms with Gasteiger partial charge < -0.3 is 11.1 Å². The summed E-state index contributed by atoms with van der Waals surface area (Å²) in [5, 5.41) is 3.06. The van der Waals surface area contributed by atoms with Crippen molar-refractivity contribution in [2.24, 2.45) is 5.73 Å². The molecule has 0 saturated carbocycles. The number of benzene rings is 1. The van der Waals surface area contributed by atoms with Crippen LogP contribution in [0.4, 0.5) is 10.2 Å². The zero-order valence-electron chi connectivity index (χ0n) is 10.4. The molecule has 3 N–H and O–H groups in total. The fraction of sp³-hybridized carbons (Fsp3) is 0.143. The Hall–Kier alpha value is -2.43. The molecule has 19 heavy (non-hydrogen) atoms. The smallest absolute Gasteiger partial charge is 0.250 e. The molecule has 98 valence electrons. The van der Waals surface area contributed by atoms with Crippen LogP contribution in [-0.2, 0) is 0 Å². The predicted octanol–water partition coefficient (Wildman–Crippen LogP) is 2.49. The molecule has 4 nitrogen and oxygen atoms in total. The van der Waals surface area contributed by atoms with Gasteiger partial charge in [-0.1, -0.05) is 18.2 Å². The molecule has 0 aliphatic rings. The number of carbonyl (C=O) groups excluding carboxylic acids is 1. The molecule has 1 atom stereocenters. The Balaban J connectivity index is 2.13. The van der Waals surface area contributed by atoms with Crippen molar-refractivity contribution < 1.29 is 9.18 Å². The van der Waals surface area contributed by atoms with E-state index in [2.05, 4.69) is 10.3 Å². The quantitative estimate of drug-likeness (QED) is 0.886. The van der Waals surface area contributed by atoms with Crippen molar-refractivity contribution in [3.8, 4) is 0 Å². The van der Waals surface area contributed by atoms with E-state index in [1.165, 1.54) is 12.3 Å². The second-order valence-corrected chi connectivity index (χ2v) is 4.18. The molecule has 0 aliphatic heterocycles. The molecule has 0 bridgehead atoms. The van der Waals surface area contributed by atoms with Crippen LogP contribution in [0.5, 0.6) is 0 Å². The molecule has 5 heteroatoms. The number of primary amides is 1. The lowest BCUT2D eigenvalue weighted by Gasteiger charge is -2.15. The number of aromatic nitrogens is 1. The largest absolute Gasteiger partial charge is 0.366 e. The van der Waals surface area contributed by atoms with E-state index in [0.29, 0.717) is 16.9 Å². The molecule has 1 unspecified atom stereocenters. The van der Waals surface area contributed by atoms with Crippen LogP contribution in [0.25, 0.3) is 0 Å². The number of halogens is 1. The molecule has 1 aromatic heterocycles. The van der Waals surface area contributed by atoms with Gasteiger partial charge in [-0.25, -0.2) is 9.37 Å². The Labute approximate surface area is 110 Å². The van der Waals surface area contributed by atoms with E-state index in [4.69, 9.17) is 5.73 Å². The monoisotopic (exact) mass is 259 g/mol. The Morgan fingerprint density at radius 1 is 1.32 bits per heavy atom. The number of pyridine rings is 1. The van der Waals surface area contributed by atoms with Crippen molar-refractivity contribution in [1.82, 2.24) is 4.98 Å². The summed E-state index contributed by atoms with van der Waals surface area (Å²) >= 11 is 0. The van der Waals surface area contributed by atoms with Gasteiger partial charge in [0.05, 0.1) is 11.6 Å². The summed E-state index contributed by atoms with van der Waals surface area (Å²) in [6.07, 6.45) is 1.39. The van der Waals surface area contributed by atoms with E-state index >= 15 is 0 Å². The fourth-order valence-electron chi connectivity index (χ4n) is 1.75. The van der Waals surface area contributed by atoms with Gasteiger partial charge in [0.15, 0.2) is 0 Å². The Kier molecular flexibility index (Phi) is 3.75. The van der Waals surface area contributed by atoms with Crippen molar-refractivity contribution in [2.45, 2.75) is 13.0 Å². The van der Waals surface area contributed by atoms with E-state index in [1.54, 1.807) is 30.3 Å². The molecule has 2 aromatic rings. The molecular weight excluding hydrogens is 245 g/mol. The molecule has 1 heterocycles. The van der Waals surface area contributed by atoms with Crippen molar-refractivity contribution in [3.05, 3.63) is 59.5 Å². The van der Waals surface area contributed by atoms with Gasteiger partial charge in [0, 0.05) is 11.8 Å². The third-order valence-electron chi connectivity index (χ3n) is 2.78. The zero-order valence-corrected chi connectivity index (χ0v) is 10.4. The van der Waals surface area contributed by atoms with Crippen molar-refractivity contribution in [2.75, 3.05) is 5.32 Å². The molecular formula is C14H14FN3O. The number of nitrogens with two attached hydrogens (primary N) is 1. The minimum atomic E-state index is -0.527. The first-order chi connectivity index (χ1) is 9.08. The highest BCUT2D eigenvalue weighted by Crippen LogP contribution is 2.20. The van der Waals surface area contributed by atoms with E-state index in [0.717, 1.165) is 0 Å². The number of amides is 1. The highest BCUT2D eigenvalue weighted by molar-refractivity contribution is 5.92. The summed E-state index contributed by atoms with van der Waals surface area (Å²) < 4.78 is 13.6. The van der Waals surface area contributed by atoms with Crippen LogP contribution in [0.3, 0.4) is 0 Å². The topological polar surface area (TPSA) is 68.0 Å². The summed E-state index contributed by atoms with van der Waals surface area (Å²) in [5.41, 5.74) is 6.02. The Morgan fingerprint density at radius 2 is 2.05 bits per heavy atom. The van der Waals surface area contributed by atoms with Crippen LogP contribution < -0.4 is 11.1 Å². The predicted molar refractivity (Wildman–Crippen MR) is 71.2 cm³/mol. The first kappa shape index (κ1) is 13.0. The van der Waals surface area contributed by atoms with E-state index in [1.807, 2.05) is 6.92 Å². The number of nitrogens with one attached hydrogen (secondary N) is 1. The zero-order chi connectivity index (χ0) is 13.8. The average molecular weight is 259 g/mol. The Bertz CT molecular complexity index is 583. The number of hydrogen-bond acceptors (Lipinski definition) is 3.